The van der Waals surface area contributed by atoms with Crippen LogP contribution in [0.3, 0.4) is 0 Å². The predicted octanol–water partition coefficient (Wildman–Crippen LogP) is 3.04. The van der Waals surface area contributed by atoms with Gasteiger partial charge in [0.15, 0.2) is 5.78 Å². The summed E-state index contributed by atoms with van der Waals surface area (Å²) in [6, 6.07) is 5.45. The fraction of sp³-hybridized carbons (Fsp3) is 0.0769. The molecule has 0 aliphatic rings. The van der Waals surface area contributed by atoms with Crippen molar-refractivity contribution in [3.8, 4) is 5.75 Å². The third kappa shape index (κ3) is 2.73. The Bertz CT molecular complexity index is 609. The van der Waals surface area contributed by atoms with Gasteiger partial charge in [0.1, 0.15) is 5.75 Å². The van der Waals surface area contributed by atoms with Crippen molar-refractivity contribution >= 4 is 5.78 Å². The van der Waals surface area contributed by atoms with Gasteiger partial charge < -0.3 is 5.11 Å². The number of carbonyl (C=O) groups is 1. The molecule has 0 unspecified atom stereocenters. The molecule has 0 spiro atoms. The number of aromatic nitrogens is 1. The highest BCUT2D eigenvalue weighted by Crippen LogP contribution is 2.36. The van der Waals surface area contributed by atoms with Crippen LogP contribution in [-0.2, 0) is 6.18 Å². The molecule has 6 heteroatoms. The van der Waals surface area contributed by atoms with E-state index in [9.17, 15) is 23.1 Å². The summed E-state index contributed by atoms with van der Waals surface area (Å²) in [5, 5.41) is 9.18. The van der Waals surface area contributed by atoms with E-state index in [0.717, 1.165) is 12.1 Å². The summed E-state index contributed by atoms with van der Waals surface area (Å²) in [5.74, 6) is -1.47. The largest absolute Gasteiger partial charge is 0.507 e. The average molecular weight is 267 g/mol. The molecular formula is C13H8F3NO2. The van der Waals surface area contributed by atoms with Crippen LogP contribution in [0.1, 0.15) is 21.5 Å². The number of halogens is 3. The van der Waals surface area contributed by atoms with E-state index in [1.54, 1.807) is 0 Å². The van der Waals surface area contributed by atoms with Crippen LogP contribution >= 0.6 is 0 Å². The lowest BCUT2D eigenvalue weighted by molar-refractivity contribution is -0.138. The summed E-state index contributed by atoms with van der Waals surface area (Å²) in [7, 11) is 0. The molecule has 0 saturated heterocycles. The molecule has 1 aromatic heterocycles. The van der Waals surface area contributed by atoms with Gasteiger partial charge >= 0.3 is 6.18 Å². The molecule has 0 bridgehead atoms. The second-order valence-corrected chi connectivity index (χ2v) is 3.79. The minimum absolute atomic E-state index is 0.142. The molecule has 1 aromatic carbocycles. The van der Waals surface area contributed by atoms with Gasteiger partial charge in [0.2, 0.25) is 0 Å². The molecule has 0 aliphatic heterocycles. The fourth-order valence-electron chi connectivity index (χ4n) is 1.57. The topological polar surface area (TPSA) is 50.2 Å². The number of carbonyl (C=O) groups excluding carboxylic acids is 1. The minimum atomic E-state index is -4.71. The Morgan fingerprint density at radius 3 is 2.26 bits per heavy atom. The van der Waals surface area contributed by atoms with E-state index < -0.39 is 23.3 Å². The Morgan fingerprint density at radius 1 is 1.05 bits per heavy atom. The third-order valence-corrected chi connectivity index (χ3v) is 2.51. The number of nitrogens with zero attached hydrogens (tertiary/aromatic N) is 1. The molecule has 98 valence electrons. The zero-order chi connectivity index (χ0) is 14.0. The van der Waals surface area contributed by atoms with E-state index in [0.29, 0.717) is 6.07 Å². The minimum Gasteiger partial charge on any atom is -0.507 e. The lowest BCUT2D eigenvalue weighted by atomic mass is 10.0. The zero-order valence-corrected chi connectivity index (χ0v) is 9.48. The summed E-state index contributed by atoms with van der Waals surface area (Å²) >= 11 is 0. The van der Waals surface area contributed by atoms with Crippen molar-refractivity contribution in [2.75, 3.05) is 0 Å². The van der Waals surface area contributed by atoms with Crippen molar-refractivity contribution in [2.45, 2.75) is 6.18 Å². The number of phenolic OH excluding ortho intramolecular Hbond substituents is 1. The van der Waals surface area contributed by atoms with E-state index in [1.807, 2.05) is 0 Å². The SMILES string of the molecule is O=C(c1ccncc1)c1ccc(O)c(C(F)(F)F)c1. The van der Waals surface area contributed by atoms with Gasteiger partial charge in [-0.3, -0.25) is 9.78 Å². The first-order valence-electron chi connectivity index (χ1n) is 5.24. The summed E-state index contributed by atoms with van der Waals surface area (Å²) in [6.07, 6.45) is -1.96. The number of phenols is 1. The van der Waals surface area contributed by atoms with Crippen molar-refractivity contribution in [1.29, 1.82) is 0 Å². The maximum atomic E-state index is 12.6. The second-order valence-electron chi connectivity index (χ2n) is 3.79. The Balaban J connectivity index is 2.45. The Labute approximate surface area is 106 Å². The van der Waals surface area contributed by atoms with E-state index >= 15 is 0 Å². The predicted molar refractivity (Wildman–Crippen MR) is 60.8 cm³/mol. The van der Waals surface area contributed by atoms with E-state index in [-0.39, 0.29) is 11.1 Å². The number of aromatic hydroxyl groups is 1. The number of benzene rings is 1. The molecule has 0 atom stereocenters. The molecule has 1 heterocycles. The Morgan fingerprint density at radius 2 is 1.68 bits per heavy atom. The average Bonchev–Trinajstić information content (AvgIpc) is 2.38. The molecule has 0 saturated carbocycles. The first-order valence-corrected chi connectivity index (χ1v) is 5.24. The number of hydrogen-bond acceptors (Lipinski definition) is 3. The van der Waals surface area contributed by atoms with Crippen molar-refractivity contribution in [2.24, 2.45) is 0 Å². The van der Waals surface area contributed by atoms with Crippen molar-refractivity contribution in [3.63, 3.8) is 0 Å². The number of hydrogen-bond donors (Lipinski definition) is 1. The molecule has 1 N–H and O–H groups in total. The highest BCUT2D eigenvalue weighted by molar-refractivity contribution is 6.09. The molecule has 0 radical (unpaired) electrons. The van der Waals surface area contributed by atoms with Gasteiger partial charge in [-0.1, -0.05) is 0 Å². The van der Waals surface area contributed by atoms with Crippen molar-refractivity contribution in [3.05, 3.63) is 59.4 Å². The molecule has 3 nitrogen and oxygen atoms in total. The first kappa shape index (κ1) is 13.1. The molecule has 0 fully saturated rings. The number of ketones is 1. The standard InChI is InChI=1S/C13H8F3NO2/c14-13(15,16)10-7-9(1-2-11(10)18)12(19)8-3-5-17-6-4-8/h1-7,18H. The van der Waals surface area contributed by atoms with Gasteiger partial charge in [-0.25, -0.2) is 0 Å². The summed E-state index contributed by atoms with van der Waals surface area (Å²) < 4.78 is 37.8. The van der Waals surface area contributed by atoms with Crippen molar-refractivity contribution < 1.29 is 23.1 Å². The maximum absolute atomic E-state index is 12.6. The van der Waals surface area contributed by atoms with Gasteiger partial charge in [0.05, 0.1) is 5.56 Å². The lowest BCUT2D eigenvalue weighted by Gasteiger charge is -2.10. The van der Waals surface area contributed by atoms with Gasteiger partial charge in [0.25, 0.3) is 0 Å². The fourth-order valence-corrected chi connectivity index (χ4v) is 1.57. The van der Waals surface area contributed by atoms with Crippen LogP contribution in [-0.4, -0.2) is 15.9 Å². The van der Waals surface area contributed by atoms with Crippen LogP contribution in [0.2, 0.25) is 0 Å². The highest BCUT2D eigenvalue weighted by Gasteiger charge is 2.34. The van der Waals surface area contributed by atoms with Gasteiger partial charge in [-0.2, -0.15) is 13.2 Å². The second kappa shape index (κ2) is 4.72. The molecule has 2 rings (SSSR count). The van der Waals surface area contributed by atoms with E-state index in [2.05, 4.69) is 4.98 Å². The Kier molecular flexibility index (Phi) is 3.25. The number of rotatable bonds is 2. The van der Waals surface area contributed by atoms with Crippen LogP contribution in [0.15, 0.2) is 42.7 Å². The third-order valence-electron chi connectivity index (χ3n) is 2.51. The molecule has 0 aliphatic carbocycles. The smallest absolute Gasteiger partial charge is 0.419 e. The Hall–Kier alpha value is -2.37. The molecule has 0 amide bonds. The van der Waals surface area contributed by atoms with E-state index in [4.69, 9.17) is 0 Å². The van der Waals surface area contributed by atoms with Crippen LogP contribution in [0.4, 0.5) is 13.2 Å². The summed E-state index contributed by atoms with van der Waals surface area (Å²) in [5.41, 5.74) is -1.14. The lowest BCUT2D eigenvalue weighted by Crippen LogP contribution is -2.08. The zero-order valence-electron chi connectivity index (χ0n) is 9.48. The van der Waals surface area contributed by atoms with Crippen LogP contribution in [0, 0.1) is 0 Å². The van der Waals surface area contributed by atoms with Gasteiger partial charge in [-0.15, -0.1) is 0 Å². The van der Waals surface area contributed by atoms with Crippen LogP contribution in [0.25, 0.3) is 0 Å². The van der Waals surface area contributed by atoms with Crippen molar-refractivity contribution in [1.82, 2.24) is 4.98 Å². The first-order chi connectivity index (χ1) is 8.89. The number of alkyl halides is 3. The normalized spacial score (nSPS) is 11.3. The van der Waals surface area contributed by atoms with Gasteiger partial charge in [-0.05, 0) is 30.3 Å². The van der Waals surface area contributed by atoms with E-state index in [1.165, 1.54) is 24.5 Å². The van der Waals surface area contributed by atoms with Crippen LogP contribution in [0.5, 0.6) is 5.75 Å². The van der Waals surface area contributed by atoms with Crippen LogP contribution < -0.4 is 0 Å². The van der Waals surface area contributed by atoms with Gasteiger partial charge in [0, 0.05) is 23.5 Å². The molecular weight excluding hydrogens is 259 g/mol. The summed E-state index contributed by atoms with van der Waals surface area (Å²) in [6.45, 7) is 0. The summed E-state index contributed by atoms with van der Waals surface area (Å²) in [4.78, 5) is 15.7. The molecule has 2 aromatic rings. The maximum Gasteiger partial charge on any atom is 0.419 e. The highest BCUT2D eigenvalue weighted by atomic mass is 19.4. The monoisotopic (exact) mass is 267 g/mol. The number of pyridine rings is 1. The quantitative estimate of drug-likeness (QED) is 0.851. The molecule has 19 heavy (non-hydrogen) atoms.